The molecule has 2 aromatic carbocycles. The highest BCUT2D eigenvalue weighted by molar-refractivity contribution is 6.00. The lowest BCUT2D eigenvalue weighted by atomic mass is 10.1. The maximum absolute atomic E-state index is 12.1. The molecule has 8 nitrogen and oxygen atoms in total. The molecule has 1 amide bonds. The highest BCUT2D eigenvalue weighted by Crippen LogP contribution is 2.28. The Bertz CT molecular complexity index is 945. The molecule has 2 rings (SSSR count). The fourth-order valence-electron chi connectivity index (χ4n) is 2.30. The van der Waals surface area contributed by atoms with Crippen LogP contribution in [0.3, 0.4) is 0 Å². The molecule has 2 aromatic rings. The van der Waals surface area contributed by atoms with Crippen molar-refractivity contribution in [3.63, 3.8) is 0 Å². The fraction of sp³-hybridized carbons (Fsp3) is 0.190. The first-order valence-corrected chi connectivity index (χ1v) is 8.45. The number of nitrogens with one attached hydrogen (secondary N) is 1. The molecule has 8 heteroatoms. The zero-order valence-corrected chi connectivity index (χ0v) is 16.2. The summed E-state index contributed by atoms with van der Waals surface area (Å²) in [6, 6.07) is 13.4. The van der Waals surface area contributed by atoms with Crippen LogP contribution in [0.1, 0.15) is 5.56 Å². The monoisotopic (exact) mass is 396 g/mol. The van der Waals surface area contributed by atoms with Gasteiger partial charge in [-0.05, 0) is 35.9 Å². The van der Waals surface area contributed by atoms with Crippen LogP contribution in [-0.4, -0.2) is 39.8 Å². The molecular formula is C21H20N2O6. The Hall–Kier alpha value is -3.99. The van der Waals surface area contributed by atoms with Crippen molar-refractivity contribution in [3.05, 3.63) is 53.6 Å². The number of ether oxygens (including phenoxy) is 4. The summed E-state index contributed by atoms with van der Waals surface area (Å²) in [4.78, 5) is 24.2. The summed E-state index contributed by atoms with van der Waals surface area (Å²) in [5.41, 5.74) is 0.778. The molecule has 0 aliphatic rings. The maximum atomic E-state index is 12.1. The molecule has 0 aliphatic heterocycles. The summed E-state index contributed by atoms with van der Waals surface area (Å²) in [5.74, 6) is 0.118. The number of methoxy groups -OCH3 is 3. The number of amides is 1. The van der Waals surface area contributed by atoms with Crippen molar-refractivity contribution in [2.45, 2.75) is 0 Å². The van der Waals surface area contributed by atoms with Crippen LogP contribution in [0.5, 0.6) is 17.2 Å². The van der Waals surface area contributed by atoms with Gasteiger partial charge in [-0.2, -0.15) is 5.26 Å². The summed E-state index contributed by atoms with van der Waals surface area (Å²) in [5, 5.41) is 11.8. The number of esters is 1. The van der Waals surface area contributed by atoms with E-state index in [1.807, 2.05) is 0 Å². The summed E-state index contributed by atoms with van der Waals surface area (Å²) >= 11 is 0. The van der Waals surface area contributed by atoms with E-state index in [2.05, 4.69) is 5.32 Å². The van der Waals surface area contributed by atoms with Crippen LogP contribution in [0, 0.1) is 11.3 Å². The molecule has 0 fully saturated rings. The molecule has 0 radical (unpaired) electrons. The van der Waals surface area contributed by atoms with E-state index < -0.39 is 18.5 Å². The van der Waals surface area contributed by atoms with Crippen LogP contribution in [-0.2, 0) is 14.3 Å². The first-order valence-electron chi connectivity index (χ1n) is 8.45. The van der Waals surface area contributed by atoms with Gasteiger partial charge in [-0.3, -0.25) is 4.79 Å². The molecule has 29 heavy (non-hydrogen) atoms. The van der Waals surface area contributed by atoms with E-state index in [-0.39, 0.29) is 5.57 Å². The second kappa shape index (κ2) is 10.4. The zero-order valence-electron chi connectivity index (χ0n) is 16.2. The van der Waals surface area contributed by atoms with Crippen molar-refractivity contribution in [1.82, 2.24) is 0 Å². The van der Waals surface area contributed by atoms with Crippen molar-refractivity contribution >= 4 is 23.6 Å². The van der Waals surface area contributed by atoms with E-state index in [9.17, 15) is 14.9 Å². The van der Waals surface area contributed by atoms with Crippen molar-refractivity contribution in [1.29, 1.82) is 5.26 Å². The van der Waals surface area contributed by atoms with Crippen LogP contribution >= 0.6 is 0 Å². The molecule has 0 saturated carbocycles. The lowest BCUT2D eigenvalue weighted by molar-refractivity contribution is -0.142. The Morgan fingerprint density at radius 1 is 1.00 bits per heavy atom. The first-order chi connectivity index (χ1) is 14.0. The summed E-state index contributed by atoms with van der Waals surface area (Å²) in [6.07, 6.45) is 1.37. The van der Waals surface area contributed by atoms with Gasteiger partial charge in [0.2, 0.25) is 0 Å². The summed E-state index contributed by atoms with van der Waals surface area (Å²) in [6.45, 7) is -0.560. The lowest BCUT2D eigenvalue weighted by Crippen LogP contribution is -2.21. The normalized spacial score (nSPS) is 10.5. The second-order valence-electron chi connectivity index (χ2n) is 5.63. The van der Waals surface area contributed by atoms with E-state index in [1.54, 1.807) is 48.5 Å². The minimum Gasteiger partial charge on any atom is -0.497 e. The number of carbonyl (C=O) groups excluding carboxylic acids is 2. The van der Waals surface area contributed by atoms with Gasteiger partial charge in [0.1, 0.15) is 28.9 Å². The number of hydrogen-bond acceptors (Lipinski definition) is 7. The highest BCUT2D eigenvalue weighted by Gasteiger charge is 2.15. The molecule has 0 spiro atoms. The molecule has 0 atom stereocenters. The van der Waals surface area contributed by atoms with Gasteiger partial charge in [0.15, 0.2) is 6.61 Å². The molecular weight excluding hydrogens is 376 g/mol. The number of anilines is 1. The Morgan fingerprint density at radius 2 is 1.66 bits per heavy atom. The minimum atomic E-state index is -0.903. The standard InChI is InChI=1S/C21H20N2O6/c1-26-16-6-4-14(5-7-16)10-15(12-22)21(25)29-13-20(24)23-18-9-8-17(27-2)11-19(18)28-3/h4-11H,13H2,1-3H3,(H,23,24)/b15-10+. The topological polar surface area (TPSA) is 107 Å². The van der Waals surface area contributed by atoms with Gasteiger partial charge < -0.3 is 24.3 Å². The quantitative estimate of drug-likeness (QED) is 0.415. The van der Waals surface area contributed by atoms with Gasteiger partial charge in [0, 0.05) is 6.07 Å². The average molecular weight is 396 g/mol. The Morgan fingerprint density at radius 3 is 2.24 bits per heavy atom. The fourth-order valence-corrected chi connectivity index (χ4v) is 2.30. The van der Waals surface area contributed by atoms with Crippen molar-refractivity contribution < 1.29 is 28.5 Å². The number of nitrogens with zero attached hydrogens (tertiary/aromatic N) is 1. The van der Waals surface area contributed by atoms with E-state index in [0.29, 0.717) is 28.5 Å². The van der Waals surface area contributed by atoms with Gasteiger partial charge in [-0.1, -0.05) is 12.1 Å². The maximum Gasteiger partial charge on any atom is 0.349 e. The van der Waals surface area contributed by atoms with Gasteiger partial charge in [-0.25, -0.2) is 4.79 Å². The third kappa shape index (κ3) is 6.01. The third-order valence-electron chi connectivity index (χ3n) is 3.78. The second-order valence-corrected chi connectivity index (χ2v) is 5.63. The predicted octanol–water partition coefficient (Wildman–Crippen LogP) is 2.80. The van der Waals surface area contributed by atoms with Gasteiger partial charge in [0.25, 0.3) is 5.91 Å². The molecule has 0 bridgehead atoms. The molecule has 1 N–H and O–H groups in total. The minimum absolute atomic E-state index is 0.231. The van der Waals surface area contributed by atoms with Gasteiger partial charge in [0.05, 0.1) is 27.0 Å². The molecule has 0 unspecified atom stereocenters. The van der Waals surface area contributed by atoms with E-state index in [4.69, 9.17) is 18.9 Å². The molecule has 0 saturated heterocycles. The summed E-state index contributed by atoms with van der Waals surface area (Å²) < 4.78 is 20.3. The largest absolute Gasteiger partial charge is 0.497 e. The zero-order chi connectivity index (χ0) is 21.2. The Kier molecular flexibility index (Phi) is 7.62. The van der Waals surface area contributed by atoms with Crippen LogP contribution < -0.4 is 19.5 Å². The van der Waals surface area contributed by atoms with Gasteiger partial charge >= 0.3 is 5.97 Å². The SMILES string of the molecule is COc1ccc(/C=C(\C#N)C(=O)OCC(=O)Nc2ccc(OC)cc2OC)cc1. The number of rotatable bonds is 8. The smallest absolute Gasteiger partial charge is 0.349 e. The molecule has 0 heterocycles. The molecule has 0 aliphatic carbocycles. The molecule has 150 valence electrons. The van der Waals surface area contributed by atoms with E-state index in [1.165, 1.54) is 27.4 Å². The number of benzene rings is 2. The third-order valence-corrected chi connectivity index (χ3v) is 3.78. The number of hydrogen-bond donors (Lipinski definition) is 1. The summed E-state index contributed by atoms with van der Waals surface area (Å²) in [7, 11) is 4.50. The Balaban J connectivity index is 1.98. The average Bonchev–Trinajstić information content (AvgIpc) is 2.76. The van der Waals surface area contributed by atoms with Crippen molar-refractivity contribution in [2.24, 2.45) is 0 Å². The lowest BCUT2D eigenvalue weighted by Gasteiger charge is -2.11. The highest BCUT2D eigenvalue weighted by atomic mass is 16.5. The van der Waals surface area contributed by atoms with Crippen molar-refractivity contribution in [3.8, 4) is 23.3 Å². The van der Waals surface area contributed by atoms with Gasteiger partial charge in [-0.15, -0.1) is 0 Å². The number of nitriles is 1. The first kappa shape index (κ1) is 21.3. The predicted molar refractivity (Wildman–Crippen MR) is 106 cm³/mol. The van der Waals surface area contributed by atoms with Crippen LogP contribution in [0.15, 0.2) is 48.0 Å². The van der Waals surface area contributed by atoms with Crippen LogP contribution in [0.2, 0.25) is 0 Å². The number of carbonyl (C=O) groups is 2. The molecule has 0 aromatic heterocycles. The van der Waals surface area contributed by atoms with E-state index >= 15 is 0 Å². The van der Waals surface area contributed by atoms with Crippen LogP contribution in [0.4, 0.5) is 5.69 Å². The Labute approximate surface area is 168 Å². The van der Waals surface area contributed by atoms with Crippen LogP contribution in [0.25, 0.3) is 6.08 Å². The van der Waals surface area contributed by atoms with Crippen molar-refractivity contribution in [2.75, 3.05) is 33.3 Å². The van der Waals surface area contributed by atoms with E-state index in [0.717, 1.165) is 0 Å².